The highest BCUT2D eigenvalue weighted by atomic mass is 32.1. The predicted molar refractivity (Wildman–Crippen MR) is 92.2 cm³/mol. The van der Waals surface area contributed by atoms with E-state index in [4.69, 9.17) is 10.5 Å². The lowest BCUT2D eigenvalue weighted by Gasteiger charge is -2.29. The summed E-state index contributed by atoms with van der Waals surface area (Å²) in [5.74, 6) is 0. The summed E-state index contributed by atoms with van der Waals surface area (Å²) in [6.45, 7) is 0. The standard InChI is InChI=1S/C17H21N3O2S/c1-22-17-19-11-14(23-17)10-12-6-2-5-9-15(12)20(16(18)21)13-7-3-4-8-13/h2,5-6,9,11,13H,3-4,7-8,10H2,1H3,(H2,18,21). The Morgan fingerprint density at radius 3 is 2.78 bits per heavy atom. The van der Waals surface area contributed by atoms with Crippen LogP contribution in [0.3, 0.4) is 0 Å². The number of anilines is 1. The number of nitrogens with zero attached hydrogens (tertiary/aromatic N) is 2. The fourth-order valence-electron chi connectivity index (χ4n) is 3.21. The van der Waals surface area contributed by atoms with Crippen LogP contribution in [0.25, 0.3) is 0 Å². The average Bonchev–Trinajstić information content (AvgIpc) is 3.20. The van der Waals surface area contributed by atoms with E-state index >= 15 is 0 Å². The molecule has 2 N–H and O–H groups in total. The molecule has 0 spiro atoms. The highest BCUT2D eigenvalue weighted by Gasteiger charge is 2.28. The minimum Gasteiger partial charge on any atom is -0.473 e. The van der Waals surface area contributed by atoms with Crippen molar-refractivity contribution >= 4 is 23.1 Å². The quantitative estimate of drug-likeness (QED) is 0.910. The van der Waals surface area contributed by atoms with Gasteiger partial charge < -0.3 is 10.5 Å². The topological polar surface area (TPSA) is 68.4 Å². The third-order valence-corrected chi connectivity index (χ3v) is 5.21. The molecule has 1 fully saturated rings. The minimum atomic E-state index is -0.369. The van der Waals surface area contributed by atoms with E-state index in [1.54, 1.807) is 12.0 Å². The Bertz CT molecular complexity index is 680. The summed E-state index contributed by atoms with van der Waals surface area (Å²) in [5.41, 5.74) is 7.70. The Morgan fingerprint density at radius 2 is 2.13 bits per heavy atom. The van der Waals surface area contributed by atoms with E-state index in [2.05, 4.69) is 4.98 Å². The number of urea groups is 1. The van der Waals surface area contributed by atoms with Gasteiger partial charge in [0.2, 0.25) is 0 Å². The van der Waals surface area contributed by atoms with E-state index in [1.165, 1.54) is 11.3 Å². The Hall–Kier alpha value is -2.08. The average molecular weight is 331 g/mol. The zero-order valence-corrected chi connectivity index (χ0v) is 14.0. The maximum atomic E-state index is 12.1. The van der Waals surface area contributed by atoms with Gasteiger partial charge in [0.1, 0.15) is 0 Å². The zero-order valence-electron chi connectivity index (χ0n) is 13.2. The minimum absolute atomic E-state index is 0.213. The van der Waals surface area contributed by atoms with Crippen LogP contribution >= 0.6 is 11.3 Å². The molecule has 0 aliphatic heterocycles. The van der Waals surface area contributed by atoms with Gasteiger partial charge in [-0.1, -0.05) is 42.4 Å². The first-order valence-electron chi connectivity index (χ1n) is 7.84. The Labute approximate surface area is 140 Å². The van der Waals surface area contributed by atoms with Crippen LogP contribution in [-0.4, -0.2) is 24.2 Å². The van der Waals surface area contributed by atoms with Crippen molar-refractivity contribution in [1.82, 2.24) is 4.98 Å². The van der Waals surface area contributed by atoms with Crippen molar-refractivity contribution < 1.29 is 9.53 Å². The molecule has 1 aromatic carbocycles. The number of carbonyl (C=O) groups is 1. The Balaban J connectivity index is 1.90. The molecule has 1 aliphatic carbocycles. The van der Waals surface area contributed by atoms with Crippen LogP contribution in [0.2, 0.25) is 0 Å². The van der Waals surface area contributed by atoms with Crippen LogP contribution in [-0.2, 0) is 6.42 Å². The molecule has 1 aliphatic rings. The molecule has 0 radical (unpaired) electrons. The maximum absolute atomic E-state index is 12.1. The summed E-state index contributed by atoms with van der Waals surface area (Å²) in [5, 5.41) is 0.653. The van der Waals surface area contributed by atoms with E-state index < -0.39 is 0 Å². The van der Waals surface area contributed by atoms with Crippen molar-refractivity contribution in [3.05, 3.63) is 40.9 Å². The van der Waals surface area contributed by atoms with Gasteiger partial charge in [-0.3, -0.25) is 4.90 Å². The number of methoxy groups -OCH3 is 1. The van der Waals surface area contributed by atoms with Crippen molar-refractivity contribution in [3.8, 4) is 5.19 Å². The number of aromatic nitrogens is 1. The summed E-state index contributed by atoms with van der Waals surface area (Å²) in [6, 6.07) is 7.82. The lowest BCUT2D eigenvalue weighted by atomic mass is 10.1. The van der Waals surface area contributed by atoms with Gasteiger partial charge in [-0.05, 0) is 24.5 Å². The number of para-hydroxylation sites is 1. The predicted octanol–water partition coefficient (Wildman–Crippen LogP) is 3.57. The van der Waals surface area contributed by atoms with Gasteiger partial charge >= 0.3 is 6.03 Å². The first-order chi connectivity index (χ1) is 11.2. The van der Waals surface area contributed by atoms with Gasteiger partial charge in [-0.15, -0.1) is 0 Å². The lowest BCUT2D eigenvalue weighted by Crippen LogP contribution is -2.43. The van der Waals surface area contributed by atoms with Crippen molar-refractivity contribution in [2.75, 3.05) is 12.0 Å². The van der Waals surface area contributed by atoms with Crippen molar-refractivity contribution in [1.29, 1.82) is 0 Å². The molecule has 0 saturated heterocycles. The largest absolute Gasteiger partial charge is 0.473 e. The smallest absolute Gasteiger partial charge is 0.319 e. The van der Waals surface area contributed by atoms with Gasteiger partial charge in [-0.2, -0.15) is 0 Å². The molecule has 3 rings (SSSR count). The second kappa shape index (κ2) is 7.00. The fraction of sp³-hybridized carbons (Fsp3) is 0.412. The van der Waals surface area contributed by atoms with Crippen LogP contribution in [0.15, 0.2) is 30.5 Å². The number of carbonyl (C=O) groups excluding carboxylic acids is 1. The molecule has 122 valence electrons. The van der Waals surface area contributed by atoms with E-state index in [-0.39, 0.29) is 12.1 Å². The highest BCUT2D eigenvalue weighted by Crippen LogP contribution is 2.32. The molecular weight excluding hydrogens is 310 g/mol. The van der Waals surface area contributed by atoms with Gasteiger partial charge in [0, 0.05) is 29.2 Å². The van der Waals surface area contributed by atoms with Crippen LogP contribution in [0.4, 0.5) is 10.5 Å². The third kappa shape index (κ3) is 3.47. The van der Waals surface area contributed by atoms with Crippen LogP contribution in [0, 0.1) is 0 Å². The number of nitrogens with two attached hydrogens (primary N) is 1. The SMILES string of the molecule is COc1ncc(Cc2ccccc2N(C(N)=O)C2CCCC2)s1. The number of primary amides is 1. The second-order valence-corrected chi connectivity index (χ2v) is 6.83. The molecule has 0 atom stereocenters. The monoisotopic (exact) mass is 331 g/mol. The normalized spacial score (nSPS) is 14.8. The molecule has 23 heavy (non-hydrogen) atoms. The van der Waals surface area contributed by atoms with E-state index in [0.29, 0.717) is 11.6 Å². The zero-order chi connectivity index (χ0) is 16.2. The van der Waals surface area contributed by atoms with E-state index in [0.717, 1.165) is 41.8 Å². The summed E-state index contributed by atoms with van der Waals surface area (Å²) in [6.07, 6.45) is 6.89. The van der Waals surface area contributed by atoms with Crippen LogP contribution in [0.5, 0.6) is 5.19 Å². The number of thiazole rings is 1. The number of ether oxygens (including phenoxy) is 1. The molecule has 2 amide bonds. The number of benzene rings is 1. The van der Waals surface area contributed by atoms with E-state index in [9.17, 15) is 4.79 Å². The second-order valence-electron chi connectivity index (χ2n) is 5.75. The van der Waals surface area contributed by atoms with Gasteiger partial charge in [0.25, 0.3) is 5.19 Å². The highest BCUT2D eigenvalue weighted by molar-refractivity contribution is 7.13. The summed E-state index contributed by atoms with van der Waals surface area (Å²) in [4.78, 5) is 19.1. The van der Waals surface area contributed by atoms with Crippen molar-refractivity contribution in [2.45, 2.75) is 38.1 Å². The Kier molecular flexibility index (Phi) is 4.81. The van der Waals surface area contributed by atoms with Gasteiger partial charge in [0.15, 0.2) is 0 Å². The molecule has 6 heteroatoms. The Morgan fingerprint density at radius 1 is 1.39 bits per heavy atom. The third-order valence-electron chi connectivity index (χ3n) is 4.25. The molecule has 1 heterocycles. The summed E-state index contributed by atoms with van der Waals surface area (Å²) >= 11 is 1.52. The molecule has 1 aromatic heterocycles. The number of hydrogen-bond donors (Lipinski definition) is 1. The number of hydrogen-bond acceptors (Lipinski definition) is 4. The molecule has 5 nitrogen and oxygen atoms in total. The number of rotatable bonds is 5. The molecule has 1 saturated carbocycles. The summed E-state index contributed by atoms with van der Waals surface area (Å²) in [7, 11) is 1.62. The summed E-state index contributed by atoms with van der Waals surface area (Å²) < 4.78 is 5.15. The van der Waals surface area contributed by atoms with E-state index in [1.807, 2.05) is 30.5 Å². The first kappa shape index (κ1) is 15.8. The van der Waals surface area contributed by atoms with Crippen molar-refractivity contribution in [2.24, 2.45) is 5.73 Å². The van der Waals surface area contributed by atoms with Gasteiger partial charge in [0.05, 0.1) is 7.11 Å². The van der Waals surface area contributed by atoms with Crippen LogP contribution in [0.1, 0.15) is 36.1 Å². The van der Waals surface area contributed by atoms with Crippen LogP contribution < -0.4 is 15.4 Å². The van der Waals surface area contributed by atoms with Gasteiger partial charge in [-0.25, -0.2) is 9.78 Å². The lowest BCUT2D eigenvalue weighted by molar-refractivity contribution is 0.251. The van der Waals surface area contributed by atoms with Crippen molar-refractivity contribution in [3.63, 3.8) is 0 Å². The molecule has 2 aromatic rings. The number of amides is 2. The maximum Gasteiger partial charge on any atom is 0.319 e. The molecular formula is C17H21N3O2S. The first-order valence-corrected chi connectivity index (χ1v) is 8.66. The molecule has 0 unspecified atom stereocenters. The fourth-order valence-corrected chi connectivity index (χ4v) is 3.95. The molecule has 0 bridgehead atoms.